The summed E-state index contributed by atoms with van der Waals surface area (Å²) in [6.45, 7) is 0.0256. The second-order valence-electron chi connectivity index (χ2n) is 8.00. The summed E-state index contributed by atoms with van der Waals surface area (Å²) in [6, 6.07) is 14.4. The van der Waals surface area contributed by atoms with Crippen molar-refractivity contribution in [3.63, 3.8) is 0 Å². The van der Waals surface area contributed by atoms with Gasteiger partial charge < -0.3 is 10.1 Å². The van der Waals surface area contributed by atoms with E-state index in [1.807, 2.05) is 12.1 Å². The smallest absolute Gasteiger partial charge is 0.269 e. The molecular formula is C25H13Cl4N3O5. The van der Waals surface area contributed by atoms with Gasteiger partial charge in [-0.05, 0) is 24.3 Å². The lowest BCUT2D eigenvalue weighted by molar-refractivity contribution is -0.384. The number of pyridine rings is 1. The molecule has 8 nitrogen and oxygen atoms in total. The summed E-state index contributed by atoms with van der Waals surface area (Å²) in [4.78, 5) is 41.5. The lowest BCUT2D eigenvalue weighted by Gasteiger charge is -2.13. The summed E-state index contributed by atoms with van der Waals surface area (Å²) in [6.07, 6.45) is 0. The molecule has 0 radical (unpaired) electrons. The number of rotatable bonds is 6. The predicted molar refractivity (Wildman–Crippen MR) is 142 cm³/mol. The number of nitrogens with one attached hydrogen (secondary N) is 1. The van der Waals surface area contributed by atoms with Crippen molar-refractivity contribution in [3.05, 3.63) is 102 Å². The maximum atomic E-state index is 13.3. The zero-order chi connectivity index (χ0) is 26.4. The minimum absolute atomic E-state index is 0.0256. The highest BCUT2D eigenvalue weighted by Gasteiger charge is 2.45. The van der Waals surface area contributed by atoms with Crippen LogP contribution in [0.2, 0.25) is 20.1 Å². The van der Waals surface area contributed by atoms with Gasteiger partial charge >= 0.3 is 0 Å². The average Bonchev–Trinajstić information content (AvgIpc) is 3.16. The number of benzene rings is 3. The van der Waals surface area contributed by atoms with Crippen LogP contribution in [-0.4, -0.2) is 28.2 Å². The third-order valence-corrected chi connectivity index (χ3v) is 7.67. The van der Waals surface area contributed by atoms with Gasteiger partial charge in [-0.25, -0.2) is 4.98 Å². The van der Waals surface area contributed by atoms with Crippen molar-refractivity contribution < 1.29 is 19.2 Å². The van der Waals surface area contributed by atoms with Gasteiger partial charge in [0.25, 0.3) is 5.69 Å². The number of fused-ring (bicyclic) bond motifs is 2. The van der Waals surface area contributed by atoms with Gasteiger partial charge in [0.1, 0.15) is 11.7 Å². The van der Waals surface area contributed by atoms with Crippen molar-refractivity contribution in [1.29, 1.82) is 0 Å². The zero-order valence-corrected chi connectivity index (χ0v) is 21.5. The first kappa shape index (κ1) is 25.2. The molecule has 0 saturated heterocycles. The fourth-order valence-corrected chi connectivity index (χ4v) is 5.14. The Labute approximate surface area is 229 Å². The largest absolute Gasteiger partial charge is 0.473 e. The van der Waals surface area contributed by atoms with E-state index in [9.17, 15) is 19.7 Å². The summed E-state index contributed by atoms with van der Waals surface area (Å²) < 4.78 is 5.62. The summed E-state index contributed by atoms with van der Waals surface area (Å²) in [5.41, 5.74) is 1.11. The van der Waals surface area contributed by atoms with Gasteiger partial charge in [0.15, 0.2) is 18.3 Å². The molecule has 1 N–H and O–H groups in total. The lowest BCUT2D eigenvalue weighted by Crippen LogP contribution is -2.15. The topological polar surface area (TPSA) is 111 Å². The third kappa shape index (κ3) is 4.36. The minimum Gasteiger partial charge on any atom is -0.473 e. The van der Waals surface area contributed by atoms with E-state index in [1.165, 1.54) is 24.3 Å². The molecule has 37 heavy (non-hydrogen) atoms. The molecule has 0 saturated carbocycles. The summed E-state index contributed by atoms with van der Waals surface area (Å²) in [5, 5.41) is 14.2. The standard InChI is InChI=1S/C25H13Cl4N3O5/c26-19-17-18(20(27)22(29)21(19)28)25(34)16(24(17)33)14-9-4-11-2-1-3-15(23(11)31-14)30-10-37-13-7-5-12(6-8-13)32(35)36/h1-9,16,30H,10H2. The van der Waals surface area contributed by atoms with E-state index in [-0.39, 0.29) is 49.3 Å². The van der Waals surface area contributed by atoms with E-state index in [0.717, 1.165) is 5.39 Å². The lowest BCUT2D eigenvalue weighted by atomic mass is 9.98. The molecule has 1 heterocycles. The molecule has 0 amide bonds. The maximum Gasteiger partial charge on any atom is 0.269 e. The number of ether oxygens (including phenoxy) is 1. The second-order valence-corrected chi connectivity index (χ2v) is 9.51. The van der Waals surface area contributed by atoms with Gasteiger partial charge in [-0.3, -0.25) is 19.7 Å². The number of nitro benzene ring substituents is 1. The Hall–Kier alpha value is -3.43. The number of Topliss-reactive ketones (excluding diaryl/α,β-unsaturated/α-hetero) is 2. The number of para-hydroxylation sites is 1. The Bertz CT molecular complexity index is 1580. The number of nitro groups is 1. The van der Waals surface area contributed by atoms with E-state index >= 15 is 0 Å². The van der Waals surface area contributed by atoms with Crippen molar-refractivity contribution in [2.75, 3.05) is 12.0 Å². The molecule has 186 valence electrons. The van der Waals surface area contributed by atoms with Gasteiger partial charge in [0, 0.05) is 17.5 Å². The van der Waals surface area contributed by atoms with Crippen LogP contribution in [0.15, 0.2) is 54.6 Å². The molecule has 1 aliphatic carbocycles. The van der Waals surface area contributed by atoms with Crippen LogP contribution in [0.1, 0.15) is 32.3 Å². The van der Waals surface area contributed by atoms with E-state index in [2.05, 4.69) is 10.3 Å². The highest BCUT2D eigenvalue weighted by molar-refractivity contribution is 6.55. The zero-order valence-electron chi connectivity index (χ0n) is 18.4. The molecule has 0 bridgehead atoms. The number of hydrogen-bond donors (Lipinski definition) is 1. The number of hydrogen-bond acceptors (Lipinski definition) is 7. The van der Waals surface area contributed by atoms with Crippen molar-refractivity contribution in [2.45, 2.75) is 5.92 Å². The van der Waals surface area contributed by atoms with Crippen molar-refractivity contribution in [2.24, 2.45) is 0 Å². The first-order chi connectivity index (χ1) is 17.7. The van der Waals surface area contributed by atoms with Crippen LogP contribution < -0.4 is 10.1 Å². The Morgan fingerprint density at radius 2 is 1.49 bits per heavy atom. The normalized spacial score (nSPS) is 13.2. The molecule has 0 aliphatic heterocycles. The van der Waals surface area contributed by atoms with Crippen LogP contribution >= 0.6 is 46.4 Å². The van der Waals surface area contributed by atoms with Crippen LogP contribution in [0.5, 0.6) is 5.75 Å². The predicted octanol–water partition coefficient (Wildman–Crippen LogP) is 7.37. The molecular weight excluding hydrogens is 564 g/mol. The quantitative estimate of drug-likeness (QED) is 0.0636. The molecule has 0 atom stereocenters. The molecule has 1 aliphatic rings. The summed E-state index contributed by atoms with van der Waals surface area (Å²) >= 11 is 24.7. The number of aromatic nitrogens is 1. The fraction of sp³-hybridized carbons (Fsp3) is 0.0800. The number of anilines is 1. The number of halogens is 4. The van der Waals surface area contributed by atoms with E-state index in [0.29, 0.717) is 17.0 Å². The molecule has 12 heteroatoms. The molecule has 5 rings (SSSR count). The first-order valence-electron chi connectivity index (χ1n) is 10.6. The van der Waals surface area contributed by atoms with Crippen LogP contribution in [0.25, 0.3) is 10.9 Å². The van der Waals surface area contributed by atoms with Gasteiger partial charge in [0.05, 0.1) is 53.0 Å². The van der Waals surface area contributed by atoms with Crippen LogP contribution in [0, 0.1) is 10.1 Å². The molecule has 3 aromatic carbocycles. The van der Waals surface area contributed by atoms with Crippen molar-refractivity contribution in [1.82, 2.24) is 4.98 Å². The van der Waals surface area contributed by atoms with Gasteiger partial charge in [-0.1, -0.05) is 64.6 Å². The first-order valence-corrected chi connectivity index (χ1v) is 12.2. The SMILES string of the molecule is O=C1c2c(Cl)c(Cl)c(Cl)c(Cl)c2C(=O)C1c1ccc2cccc(NCOc3ccc([N+](=O)[O-])cc3)c2n1. The van der Waals surface area contributed by atoms with Crippen LogP contribution in [0.3, 0.4) is 0 Å². The third-order valence-electron chi connectivity index (χ3n) is 5.87. The van der Waals surface area contributed by atoms with Gasteiger partial charge in [0.2, 0.25) is 0 Å². The number of non-ortho nitro benzene ring substituents is 1. The van der Waals surface area contributed by atoms with E-state index in [1.54, 1.807) is 18.2 Å². The van der Waals surface area contributed by atoms with E-state index in [4.69, 9.17) is 51.1 Å². The highest BCUT2D eigenvalue weighted by atomic mass is 35.5. The molecule has 0 fully saturated rings. The number of carbonyl (C=O) groups is 2. The monoisotopic (exact) mass is 575 g/mol. The molecule has 0 unspecified atom stereocenters. The minimum atomic E-state index is -1.26. The van der Waals surface area contributed by atoms with Gasteiger partial charge in [-0.2, -0.15) is 0 Å². The average molecular weight is 577 g/mol. The molecule has 4 aromatic rings. The number of ketones is 2. The number of nitrogens with zero attached hydrogens (tertiary/aromatic N) is 2. The van der Waals surface area contributed by atoms with Gasteiger partial charge in [-0.15, -0.1) is 0 Å². The van der Waals surface area contributed by atoms with Crippen molar-refractivity contribution in [3.8, 4) is 5.75 Å². The number of carbonyl (C=O) groups excluding carboxylic acids is 2. The Balaban J connectivity index is 1.44. The molecule has 1 aromatic heterocycles. The Morgan fingerprint density at radius 1 is 0.865 bits per heavy atom. The second kappa shape index (κ2) is 9.79. The Morgan fingerprint density at radius 3 is 2.08 bits per heavy atom. The Kier molecular flexibility index (Phi) is 6.68. The van der Waals surface area contributed by atoms with Crippen molar-refractivity contribution >= 4 is 80.2 Å². The summed E-state index contributed by atoms with van der Waals surface area (Å²) in [7, 11) is 0. The maximum absolute atomic E-state index is 13.3. The molecule has 0 spiro atoms. The van der Waals surface area contributed by atoms with Crippen LogP contribution in [-0.2, 0) is 0 Å². The fourth-order valence-electron chi connectivity index (χ4n) is 4.10. The summed E-state index contributed by atoms with van der Waals surface area (Å²) in [5.74, 6) is -1.96. The van der Waals surface area contributed by atoms with Crippen LogP contribution in [0.4, 0.5) is 11.4 Å². The highest BCUT2D eigenvalue weighted by Crippen LogP contribution is 2.48. The van der Waals surface area contributed by atoms with E-state index < -0.39 is 22.4 Å².